The van der Waals surface area contributed by atoms with Gasteiger partial charge in [0.25, 0.3) is 5.91 Å². The number of hydrogen-bond acceptors (Lipinski definition) is 3. The van der Waals surface area contributed by atoms with Crippen LogP contribution in [0, 0.1) is 35.7 Å². The van der Waals surface area contributed by atoms with Crippen LogP contribution in [0.2, 0.25) is 5.02 Å². The van der Waals surface area contributed by atoms with Gasteiger partial charge in [-0.25, -0.2) is 13.2 Å². The molecule has 8 heteroatoms. The molecule has 2 rings (SSSR count). The smallest absolute Gasteiger partial charge is 0.267 e. The van der Waals surface area contributed by atoms with Gasteiger partial charge in [-0.05, 0) is 36.8 Å². The molecule has 0 aliphatic rings. The Labute approximate surface area is 146 Å². The average molecular weight is 366 g/mol. The van der Waals surface area contributed by atoms with E-state index in [1.165, 1.54) is 0 Å². The molecule has 0 aliphatic heterocycles. The van der Waals surface area contributed by atoms with E-state index in [4.69, 9.17) is 16.9 Å². The van der Waals surface area contributed by atoms with Crippen molar-refractivity contribution in [3.8, 4) is 6.07 Å². The third-order valence-corrected chi connectivity index (χ3v) is 3.70. The number of hydrogen-bond donors (Lipinski definition) is 2. The monoisotopic (exact) mass is 365 g/mol. The van der Waals surface area contributed by atoms with Crippen LogP contribution in [0.5, 0.6) is 0 Å². The standard InChI is InChI=1S/C17H11ClF3N3O/c1-9-11(18)3-2-4-13(9)24-17(25)10(7-22)8-23-14-6-5-12(19)15(20)16(14)21/h2-6,8,23H,1H3,(H,24,25)/b10-8-. The van der Waals surface area contributed by atoms with Crippen LogP contribution in [-0.4, -0.2) is 5.91 Å². The Bertz CT molecular complexity index is 907. The van der Waals surface area contributed by atoms with Crippen molar-refractivity contribution >= 4 is 28.9 Å². The summed E-state index contributed by atoms with van der Waals surface area (Å²) in [6, 6.07) is 8.15. The van der Waals surface area contributed by atoms with Gasteiger partial charge in [-0.15, -0.1) is 0 Å². The molecule has 0 heterocycles. The first-order valence-corrected chi connectivity index (χ1v) is 7.29. The number of anilines is 2. The number of halogens is 4. The summed E-state index contributed by atoms with van der Waals surface area (Å²) in [4.78, 5) is 12.1. The summed E-state index contributed by atoms with van der Waals surface area (Å²) >= 11 is 5.95. The molecule has 0 radical (unpaired) electrons. The molecule has 0 unspecified atom stereocenters. The summed E-state index contributed by atoms with van der Waals surface area (Å²) < 4.78 is 39.6. The molecule has 0 bridgehead atoms. The van der Waals surface area contributed by atoms with E-state index >= 15 is 0 Å². The van der Waals surface area contributed by atoms with Gasteiger partial charge in [0.05, 0.1) is 5.69 Å². The van der Waals surface area contributed by atoms with Crippen molar-refractivity contribution in [3.05, 3.63) is 70.1 Å². The minimum Gasteiger partial charge on any atom is -0.358 e. The first-order chi connectivity index (χ1) is 11.8. The number of benzene rings is 2. The molecule has 0 aromatic heterocycles. The number of nitriles is 1. The van der Waals surface area contributed by atoms with E-state index in [2.05, 4.69) is 10.6 Å². The lowest BCUT2D eigenvalue weighted by Crippen LogP contribution is -2.15. The van der Waals surface area contributed by atoms with Gasteiger partial charge in [0.2, 0.25) is 0 Å². The largest absolute Gasteiger partial charge is 0.358 e. The zero-order valence-corrected chi connectivity index (χ0v) is 13.6. The number of carbonyl (C=O) groups excluding carboxylic acids is 1. The van der Waals surface area contributed by atoms with Crippen LogP contribution < -0.4 is 10.6 Å². The summed E-state index contributed by atoms with van der Waals surface area (Å²) in [5.41, 5.74) is 0.189. The van der Waals surface area contributed by atoms with Gasteiger partial charge in [0.1, 0.15) is 11.6 Å². The molecule has 0 saturated carbocycles. The molecule has 0 saturated heterocycles. The predicted molar refractivity (Wildman–Crippen MR) is 88.5 cm³/mol. The molecule has 0 atom stereocenters. The highest BCUT2D eigenvalue weighted by Crippen LogP contribution is 2.23. The van der Waals surface area contributed by atoms with E-state index in [1.54, 1.807) is 31.2 Å². The summed E-state index contributed by atoms with van der Waals surface area (Å²) in [6.45, 7) is 1.68. The van der Waals surface area contributed by atoms with Crippen LogP contribution in [0.1, 0.15) is 5.56 Å². The van der Waals surface area contributed by atoms with Crippen molar-refractivity contribution in [2.45, 2.75) is 6.92 Å². The van der Waals surface area contributed by atoms with E-state index in [1.807, 2.05) is 0 Å². The lowest BCUT2D eigenvalue weighted by atomic mass is 10.2. The molecule has 0 aliphatic carbocycles. The summed E-state index contributed by atoms with van der Waals surface area (Å²) in [6.07, 6.45) is 0.894. The average Bonchev–Trinajstić information content (AvgIpc) is 2.59. The Hall–Kier alpha value is -2.98. The lowest BCUT2D eigenvalue weighted by molar-refractivity contribution is -0.112. The lowest BCUT2D eigenvalue weighted by Gasteiger charge is -2.09. The van der Waals surface area contributed by atoms with Gasteiger partial charge in [0, 0.05) is 16.9 Å². The second kappa shape index (κ2) is 7.73. The maximum atomic E-state index is 13.6. The molecule has 128 valence electrons. The molecule has 0 spiro atoms. The predicted octanol–water partition coefficient (Wildman–Crippen LogP) is 4.52. The van der Waals surface area contributed by atoms with Crippen LogP contribution in [0.15, 0.2) is 42.1 Å². The van der Waals surface area contributed by atoms with Crippen molar-refractivity contribution in [2.75, 3.05) is 10.6 Å². The number of amides is 1. The van der Waals surface area contributed by atoms with Gasteiger partial charge < -0.3 is 10.6 Å². The van der Waals surface area contributed by atoms with Crippen LogP contribution >= 0.6 is 11.6 Å². The fraction of sp³-hybridized carbons (Fsp3) is 0.0588. The van der Waals surface area contributed by atoms with Crippen LogP contribution in [0.4, 0.5) is 24.5 Å². The highest BCUT2D eigenvalue weighted by Gasteiger charge is 2.15. The van der Waals surface area contributed by atoms with Gasteiger partial charge >= 0.3 is 0 Å². The minimum absolute atomic E-state index is 0.400. The van der Waals surface area contributed by atoms with Gasteiger partial charge in [-0.3, -0.25) is 4.79 Å². The molecule has 25 heavy (non-hydrogen) atoms. The van der Waals surface area contributed by atoms with Crippen molar-refractivity contribution in [3.63, 3.8) is 0 Å². The fourth-order valence-electron chi connectivity index (χ4n) is 1.87. The summed E-state index contributed by atoms with van der Waals surface area (Å²) in [5, 5.41) is 14.3. The molecule has 2 aromatic carbocycles. The van der Waals surface area contributed by atoms with E-state index in [0.29, 0.717) is 16.3 Å². The van der Waals surface area contributed by atoms with Crippen molar-refractivity contribution in [1.29, 1.82) is 5.26 Å². The Morgan fingerprint density at radius 1 is 1.16 bits per heavy atom. The first-order valence-electron chi connectivity index (χ1n) is 6.92. The molecule has 2 N–H and O–H groups in total. The fourth-order valence-corrected chi connectivity index (χ4v) is 2.04. The molecular weight excluding hydrogens is 355 g/mol. The molecular formula is C17H11ClF3N3O. The molecule has 1 amide bonds. The normalized spacial score (nSPS) is 11.0. The maximum absolute atomic E-state index is 13.6. The van der Waals surface area contributed by atoms with Crippen LogP contribution in [0.25, 0.3) is 0 Å². The molecule has 0 fully saturated rings. The van der Waals surface area contributed by atoms with E-state index in [0.717, 1.165) is 18.3 Å². The first kappa shape index (κ1) is 18.4. The highest BCUT2D eigenvalue weighted by atomic mass is 35.5. The van der Waals surface area contributed by atoms with E-state index in [9.17, 15) is 18.0 Å². The van der Waals surface area contributed by atoms with Gasteiger partial charge in [-0.2, -0.15) is 5.26 Å². The second-order valence-corrected chi connectivity index (χ2v) is 5.31. The Balaban J connectivity index is 2.20. The van der Waals surface area contributed by atoms with Crippen molar-refractivity contribution in [1.82, 2.24) is 0 Å². The Kier molecular flexibility index (Phi) is 5.67. The zero-order chi connectivity index (χ0) is 18.6. The third-order valence-electron chi connectivity index (χ3n) is 3.29. The molecule has 2 aromatic rings. The van der Waals surface area contributed by atoms with Crippen molar-refractivity contribution in [2.24, 2.45) is 0 Å². The third kappa shape index (κ3) is 4.11. The molecule has 4 nitrogen and oxygen atoms in total. The van der Waals surface area contributed by atoms with E-state index < -0.39 is 34.6 Å². The van der Waals surface area contributed by atoms with Crippen LogP contribution in [-0.2, 0) is 4.79 Å². The summed E-state index contributed by atoms with van der Waals surface area (Å²) in [7, 11) is 0. The zero-order valence-electron chi connectivity index (χ0n) is 12.8. The Morgan fingerprint density at radius 2 is 1.88 bits per heavy atom. The second-order valence-electron chi connectivity index (χ2n) is 4.90. The highest BCUT2D eigenvalue weighted by molar-refractivity contribution is 6.31. The SMILES string of the molecule is Cc1c(Cl)cccc1NC(=O)/C(C#N)=C\Nc1ccc(F)c(F)c1F. The van der Waals surface area contributed by atoms with Gasteiger partial charge in [-0.1, -0.05) is 17.7 Å². The van der Waals surface area contributed by atoms with Gasteiger partial charge in [0.15, 0.2) is 17.5 Å². The Morgan fingerprint density at radius 3 is 2.56 bits per heavy atom. The number of nitrogens with one attached hydrogen (secondary N) is 2. The quantitative estimate of drug-likeness (QED) is 0.475. The van der Waals surface area contributed by atoms with Crippen LogP contribution in [0.3, 0.4) is 0 Å². The van der Waals surface area contributed by atoms with E-state index in [-0.39, 0.29) is 0 Å². The number of nitrogens with zero attached hydrogens (tertiary/aromatic N) is 1. The van der Waals surface area contributed by atoms with Crippen molar-refractivity contribution < 1.29 is 18.0 Å². The summed E-state index contributed by atoms with van der Waals surface area (Å²) in [5.74, 6) is -5.24. The minimum atomic E-state index is -1.66. The number of carbonyl (C=O) groups is 1. The topological polar surface area (TPSA) is 64.9 Å². The maximum Gasteiger partial charge on any atom is 0.267 e. The number of rotatable bonds is 4.